The summed E-state index contributed by atoms with van der Waals surface area (Å²) in [5.74, 6) is 1.12. The summed E-state index contributed by atoms with van der Waals surface area (Å²) in [5.41, 5.74) is 1.33. The molecule has 0 amide bonds. The molecule has 5 aliphatic carbocycles. The van der Waals surface area contributed by atoms with Crippen LogP contribution in [-0.2, 0) is 19.1 Å². The number of aliphatic carboxylic acids is 1. The summed E-state index contributed by atoms with van der Waals surface area (Å²) in [7, 11) is 0. The third-order valence-electron chi connectivity index (χ3n) is 13.5. The Hall–Kier alpha value is -1.65. The third-order valence-corrected chi connectivity index (χ3v) is 13.5. The summed E-state index contributed by atoms with van der Waals surface area (Å²) in [4.78, 5) is 36.3. The van der Waals surface area contributed by atoms with E-state index in [2.05, 4.69) is 34.6 Å². The van der Waals surface area contributed by atoms with Crippen molar-refractivity contribution in [3.8, 4) is 0 Å². The van der Waals surface area contributed by atoms with Crippen molar-refractivity contribution in [2.24, 2.45) is 50.7 Å². The molecule has 5 fully saturated rings. The standard InChI is InChI=1S/C32H48O5/c1-19(27(35)36)8-9-23(37-21(3)33)20(2)22-12-14-30(7)25-11-10-24-28(4,5)26(34)13-15-31(24)18-32(25,31)17-16-29(22,30)6/h8,20,22-25H,9-18H2,1-7H3,(H,35,36)/t20-,22+,23+,24+,25-,29+,30-,31+,32-/m0/s1. The van der Waals surface area contributed by atoms with E-state index < -0.39 is 5.97 Å². The van der Waals surface area contributed by atoms with Gasteiger partial charge in [-0.25, -0.2) is 4.79 Å². The quantitative estimate of drug-likeness (QED) is 0.307. The molecular formula is C32H48O5. The van der Waals surface area contributed by atoms with Crippen LogP contribution in [0.5, 0.6) is 0 Å². The van der Waals surface area contributed by atoms with Gasteiger partial charge < -0.3 is 9.84 Å². The van der Waals surface area contributed by atoms with Crippen LogP contribution in [0.4, 0.5) is 0 Å². The molecular weight excluding hydrogens is 464 g/mol. The number of hydrogen-bond donors (Lipinski definition) is 1. The van der Waals surface area contributed by atoms with E-state index in [0.717, 1.165) is 19.3 Å². The first-order valence-electron chi connectivity index (χ1n) is 14.8. The van der Waals surface area contributed by atoms with Crippen LogP contribution in [0.15, 0.2) is 11.6 Å². The van der Waals surface area contributed by atoms with E-state index in [4.69, 9.17) is 4.74 Å². The average Bonchev–Trinajstić information content (AvgIpc) is 3.41. The monoisotopic (exact) mass is 512 g/mol. The van der Waals surface area contributed by atoms with Gasteiger partial charge in [-0.1, -0.05) is 40.7 Å². The molecule has 0 aromatic rings. The van der Waals surface area contributed by atoms with Crippen LogP contribution in [0.1, 0.15) is 113 Å². The molecule has 5 nitrogen and oxygen atoms in total. The van der Waals surface area contributed by atoms with Gasteiger partial charge in [0.1, 0.15) is 11.9 Å². The maximum atomic E-state index is 12.9. The molecule has 5 heteroatoms. The summed E-state index contributed by atoms with van der Waals surface area (Å²) in [6.45, 7) is 14.8. The van der Waals surface area contributed by atoms with Crippen molar-refractivity contribution in [3.63, 3.8) is 0 Å². The van der Waals surface area contributed by atoms with E-state index >= 15 is 0 Å². The van der Waals surface area contributed by atoms with Gasteiger partial charge in [0.25, 0.3) is 0 Å². The molecule has 9 atom stereocenters. The van der Waals surface area contributed by atoms with Crippen molar-refractivity contribution < 1.29 is 24.2 Å². The Kier molecular flexibility index (Phi) is 6.13. The molecule has 0 aromatic heterocycles. The number of rotatable bonds is 6. The molecule has 0 heterocycles. The number of hydrogen-bond acceptors (Lipinski definition) is 4. The molecule has 37 heavy (non-hydrogen) atoms. The van der Waals surface area contributed by atoms with E-state index in [0.29, 0.717) is 46.4 Å². The zero-order valence-corrected chi connectivity index (χ0v) is 24.1. The zero-order valence-electron chi connectivity index (χ0n) is 24.1. The lowest BCUT2D eigenvalue weighted by molar-refractivity contribution is -0.162. The fraction of sp³-hybridized carbons (Fsp3) is 0.844. The first-order chi connectivity index (χ1) is 17.2. The molecule has 206 valence electrons. The van der Waals surface area contributed by atoms with E-state index in [1.807, 2.05) is 0 Å². The number of ether oxygens (including phenoxy) is 1. The Labute approximate surface area is 223 Å². The Morgan fingerprint density at radius 2 is 1.62 bits per heavy atom. The molecule has 0 radical (unpaired) electrons. The van der Waals surface area contributed by atoms with Crippen LogP contribution in [0.2, 0.25) is 0 Å². The number of carboxylic acids is 1. The number of carbonyl (C=O) groups excluding carboxylic acids is 2. The smallest absolute Gasteiger partial charge is 0.330 e. The van der Waals surface area contributed by atoms with Crippen molar-refractivity contribution in [1.82, 2.24) is 0 Å². The van der Waals surface area contributed by atoms with Crippen molar-refractivity contribution >= 4 is 17.7 Å². The molecule has 0 aromatic carbocycles. The van der Waals surface area contributed by atoms with Crippen LogP contribution in [0.25, 0.3) is 0 Å². The fourth-order valence-electron chi connectivity index (χ4n) is 11.3. The Bertz CT molecular complexity index is 1040. The van der Waals surface area contributed by atoms with Gasteiger partial charge in [0, 0.05) is 30.8 Å². The normalized spacial score (nSPS) is 45.5. The van der Waals surface area contributed by atoms with Crippen LogP contribution >= 0.6 is 0 Å². The fourth-order valence-corrected chi connectivity index (χ4v) is 11.3. The van der Waals surface area contributed by atoms with Gasteiger partial charge in [0.15, 0.2) is 0 Å². The zero-order chi connectivity index (χ0) is 27.2. The number of Topliss-reactive ketones (excluding diaryl/α,β-unsaturated/α-hetero) is 1. The predicted octanol–water partition coefficient (Wildman–Crippen LogP) is 6.98. The van der Waals surface area contributed by atoms with Gasteiger partial charge in [-0.05, 0) is 104 Å². The van der Waals surface area contributed by atoms with Crippen molar-refractivity contribution in [3.05, 3.63) is 11.6 Å². The number of carbonyl (C=O) groups is 3. The molecule has 5 saturated carbocycles. The highest BCUT2D eigenvalue weighted by molar-refractivity contribution is 5.86. The van der Waals surface area contributed by atoms with Gasteiger partial charge in [-0.3, -0.25) is 9.59 Å². The maximum absolute atomic E-state index is 12.9. The van der Waals surface area contributed by atoms with Crippen LogP contribution in [-0.4, -0.2) is 28.9 Å². The van der Waals surface area contributed by atoms with Crippen LogP contribution in [0.3, 0.4) is 0 Å². The number of carboxylic acid groups (broad SMARTS) is 1. The average molecular weight is 513 g/mol. The summed E-state index contributed by atoms with van der Waals surface area (Å²) in [6.07, 6.45) is 12.3. The summed E-state index contributed by atoms with van der Waals surface area (Å²) in [6, 6.07) is 0. The predicted molar refractivity (Wildman–Crippen MR) is 143 cm³/mol. The summed E-state index contributed by atoms with van der Waals surface area (Å²) >= 11 is 0. The minimum Gasteiger partial charge on any atom is -0.478 e. The van der Waals surface area contributed by atoms with E-state index in [1.54, 1.807) is 13.0 Å². The highest BCUT2D eigenvalue weighted by Crippen LogP contribution is 2.88. The molecule has 5 aliphatic rings. The molecule has 0 saturated heterocycles. The van der Waals surface area contributed by atoms with Gasteiger partial charge in [-0.15, -0.1) is 0 Å². The van der Waals surface area contributed by atoms with Gasteiger partial charge >= 0.3 is 11.9 Å². The second kappa shape index (κ2) is 8.42. The third kappa shape index (κ3) is 3.50. The van der Waals surface area contributed by atoms with Crippen LogP contribution < -0.4 is 0 Å². The minimum absolute atomic E-state index is 0.165. The van der Waals surface area contributed by atoms with Gasteiger partial charge in [-0.2, -0.15) is 0 Å². The molecule has 1 N–H and O–H groups in total. The second-order valence-corrected chi connectivity index (χ2v) is 14.7. The summed E-state index contributed by atoms with van der Waals surface area (Å²) < 4.78 is 5.84. The Morgan fingerprint density at radius 3 is 2.27 bits per heavy atom. The number of ketones is 1. The van der Waals surface area contributed by atoms with E-state index in [1.165, 1.54) is 45.4 Å². The largest absolute Gasteiger partial charge is 0.478 e. The lowest BCUT2D eigenvalue weighted by Crippen LogP contribution is -2.57. The highest BCUT2D eigenvalue weighted by atomic mass is 16.5. The van der Waals surface area contributed by atoms with E-state index in [9.17, 15) is 19.5 Å². The number of esters is 1. The van der Waals surface area contributed by atoms with Gasteiger partial charge in [0.2, 0.25) is 0 Å². The topological polar surface area (TPSA) is 80.7 Å². The molecule has 5 rings (SSSR count). The Morgan fingerprint density at radius 1 is 0.973 bits per heavy atom. The Balaban J connectivity index is 1.42. The molecule has 2 spiro atoms. The molecule has 0 unspecified atom stereocenters. The lowest BCUT2D eigenvalue weighted by Gasteiger charge is -2.62. The molecule has 0 aliphatic heterocycles. The summed E-state index contributed by atoms with van der Waals surface area (Å²) in [5, 5.41) is 9.33. The first-order valence-corrected chi connectivity index (χ1v) is 14.8. The first kappa shape index (κ1) is 26.9. The van der Waals surface area contributed by atoms with Gasteiger partial charge in [0.05, 0.1) is 0 Å². The number of fused-ring (bicyclic) bond motifs is 2. The van der Waals surface area contributed by atoms with Crippen molar-refractivity contribution in [2.45, 2.75) is 119 Å². The van der Waals surface area contributed by atoms with Crippen LogP contribution in [0, 0.1) is 50.7 Å². The lowest BCUT2D eigenvalue weighted by atomic mass is 9.42. The maximum Gasteiger partial charge on any atom is 0.330 e. The SMILES string of the molecule is CC(=O)O[C@H](CC=C(C)C(=O)O)[C@@H](C)[C@H]1CC[C@@]2(C)[C@@H]3CC[C@@H]4C(C)(C)C(=O)CC[C@@]45C[C@@]35CC[C@]12C. The van der Waals surface area contributed by atoms with E-state index in [-0.39, 0.29) is 34.2 Å². The van der Waals surface area contributed by atoms with Crippen molar-refractivity contribution in [1.29, 1.82) is 0 Å². The molecule has 0 bridgehead atoms. The minimum atomic E-state index is -0.922. The van der Waals surface area contributed by atoms with Crippen molar-refractivity contribution in [2.75, 3.05) is 0 Å². The second-order valence-electron chi connectivity index (χ2n) is 14.7. The highest BCUT2D eigenvalue weighted by Gasteiger charge is 2.82.